The molecule has 0 aliphatic rings. The molecular weight excluding hydrogens is 202 g/mol. The van der Waals surface area contributed by atoms with Gasteiger partial charge in [-0.3, -0.25) is 0 Å². The van der Waals surface area contributed by atoms with Crippen LogP contribution in [-0.4, -0.2) is 16.9 Å². The fourth-order valence-corrected chi connectivity index (χ4v) is 1.54. The minimum absolute atomic E-state index is 0.683. The fraction of sp³-hybridized carbons (Fsp3) is 0.250. The molecule has 0 unspecified atom stereocenters. The number of aromatic nitrogens is 2. The first-order valence-corrected chi connectivity index (χ1v) is 5.09. The van der Waals surface area contributed by atoms with Gasteiger partial charge in [0.25, 0.3) is 0 Å². The number of aryl methyl sites for hydroxylation is 1. The van der Waals surface area contributed by atoms with Gasteiger partial charge < -0.3 is 10.5 Å². The van der Waals surface area contributed by atoms with E-state index in [1.54, 1.807) is 11.8 Å². The van der Waals surface area contributed by atoms with Crippen LogP contribution in [0.1, 0.15) is 11.3 Å². The van der Waals surface area contributed by atoms with Crippen molar-refractivity contribution >= 4 is 5.82 Å². The van der Waals surface area contributed by atoms with E-state index < -0.39 is 0 Å². The van der Waals surface area contributed by atoms with Gasteiger partial charge in [0.05, 0.1) is 18.5 Å². The molecule has 0 radical (unpaired) electrons. The molecule has 0 atom stereocenters. The first kappa shape index (κ1) is 10.5. The molecule has 4 nitrogen and oxygen atoms in total. The molecule has 4 heteroatoms. The molecule has 0 saturated carbocycles. The Morgan fingerprint density at radius 2 is 1.81 bits per heavy atom. The van der Waals surface area contributed by atoms with Crippen molar-refractivity contribution in [1.29, 1.82) is 0 Å². The minimum Gasteiger partial charge on any atom is -0.497 e. The molecule has 0 aliphatic carbocycles. The van der Waals surface area contributed by atoms with Crippen molar-refractivity contribution in [2.75, 3.05) is 12.8 Å². The fourth-order valence-electron chi connectivity index (χ4n) is 1.54. The number of nitrogen functional groups attached to an aromatic ring is 1. The Morgan fingerprint density at radius 1 is 1.19 bits per heavy atom. The molecule has 0 spiro atoms. The highest BCUT2D eigenvalue weighted by atomic mass is 16.5. The summed E-state index contributed by atoms with van der Waals surface area (Å²) in [6, 6.07) is 7.64. The van der Waals surface area contributed by atoms with Gasteiger partial charge in [-0.25, -0.2) is 4.68 Å². The van der Waals surface area contributed by atoms with E-state index in [4.69, 9.17) is 10.5 Å². The van der Waals surface area contributed by atoms with Gasteiger partial charge in [-0.1, -0.05) is 0 Å². The molecule has 0 fully saturated rings. The van der Waals surface area contributed by atoms with Crippen LogP contribution in [0.5, 0.6) is 5.75 Å². The number of methoxy groups -OCH3 is 1. The summed E-state index contributed by atoms with van der Waals surface area (Å²) in [5.41, 5.74) is 8.89. The van der Waals surface area contributed by atoms with E-state index in [0.717, 1.165) is 22.7 Å². The Morgan fingerprint density at radius 3 is 2.25 bits per heavy atom. The molecular formula is C12H15N3O. The minimum atomic E-state index is 0.683. The molecule has 0 aliphatic heterocycles. The first-order valence-electron chi connectivity index (χ1n) is 5.09. The van der Waals surface area contributed by atoms with E-state index in [0.29, 0.717) is 5.82 Å². The van der Waals surface area contributed by atoms with Gasteiger partial charge in [0.15, 0.2) is 0 Å². The summed E-state index contributed by atoms with van der Waals surface area (Å²) in [4.78, 5) is 0. The van der Waals surface area contributed by atoms with Crippen LogP contribution in [0, 0.1) is 13.8 Å². The zero-order valence-corrected chi connectivity index (χ0v) is 9.69. The molecule has 84 valence electrons. The maximum Gasteiger partial charge on any atom is 0.130 e. The number of hydrogen-bond acceptors (Lipinski definition) is 3. The number of rotatable bonds is 2. The number of hydrogen-bond donors (Lipinski definition) is 1. The van der Waals surface area contributed by atoms with Crippen molar-refractivity contribution in [3.63, 3.8) is 0 Å². The third-order valence-corrected chi connectivity index (χ3v) is 2.72. The van der Waals surface area contributed by atoms with Crippen LogP contribution < -0.4 is 10.5 Å². The number of ether oxygens (including phenoxy) is 1. The molecule has 0 saturated heterocycles. The number of benzene rings is 1. The van der Waals surface area contributed by atoms with Crippen LogP contribution in [0.3, 0.4) is 0 Å². The SMILES string of the molecule is COc1ccc(-n2nc(C)c(C)c2N)cc1. The molecule has 2 aromatic rings. The lowest BCUT2D eigenvalue weighted by Crippen LogP contribution is -2.02. The van der Waals surface area contributed by atoms with Gasteiger partial charge in [-0.2, -0.15) is 5.10 Å². The summed E-state index contributed by atoms with van der Waals surface area (Å²) in [5, 5.41) is 4.39. The Bertz CT molecular complexity index is 500. The van der Waals surface area contributed by atoms with Gasteiger partial charge >= 0.3 is 0 Å². The summed E-state index contributed by atoms with van der Waals surface area (Å²) >= 11 is 0. The second kappa shape index (κ2) is 3.89. The van der Waals surface area contributed by atoms with E-state index in [1.165, 1.54) is 0 Å². The summed E-state index contributed by atoms with van der Waals surface area (Å²) in [5.74, 6) is 1.51. The van der Waals surface area contributed by atoms with E-state index in [9.17, 15) is 0 Å². The van der Waals surface area contributed by atoms with Crippen LogP contribution in [0.4, 0.5) is 5.82 Å². The van der Waals surface area contributed by atoms with Gasteiger partial charge in [-0.05, 0) is 38.1 Å². The van der Waals surface area contributed by atoms with E-state index >= 15 is 0 Å². The quantitative estimate of drug-likeness (QED) is 0.837. The van der Waals surface area contributed by atoms with Crippen molar-refractivity contribution in [2.45, 2.75) is 13.8 Å². The molecule has 0 amide bonds. The predicted molar refractivity (Wildman–Crippen MR) is 64.0 cm³/mol. The van der Waals surface area contributed by atoms with Crippen molar-refractivity contribution < 1.29 is 4.74 Å². The summed E-state index contributed by atoms with van der Waals surface area (Å²) < 4.78 is 6.84. The van der Waals surface area contributed by atoms with Crippen molar-refractivity contribution in [3.05, 3.63) is 35.5 Å². The molecule has 1 aromatic carbocycles. The monoisotopic (exact) mass is 217 g/mol. The van der Waals surface area contributed by atoms with Crippen LogP contribution in [-0.2, 0) is 0 Å². The lowest BCUT2D eigenvalue weighted by Gasteiger charge is -2.05. The molecule has 16 heavy (non-hydrogen) atoms. The van der Waals surface area contributed by atoms with Crippen molar-refractivity contribution in [2.24, 2.45) is 0 Å². The Kier molecular flexibility index (Phi) is 2.56. The second-order valence-corrected chi connectivity index (χ2v) is 3.71. The van der Waals surface area contributed by atoms with Crippen LogP contribution >= 0.6 is 0 Å². The van der Waals surface area contributed by atoms with E-state index in [-0.39, 0.29) is 0 Å². The summed E-state index contributed by atoms with van der Waals surface area (Å²) in [7, 11) is 1.64. The van der Waals surface area contributed by atoms with Gasteiger partial charge in [0.1, 0.15) is 11.6 Å². The Labute approximate surface area is 94.6 Å². The van der Waals surface area contributed by atoms with Crippen molar-refractivity contribution in [1.82, 2.24) is 9.78 Å². The standard InChI is InChI=1S/C12H15N3O/c1-8-9(2)14-15(12(8)13)10-4-6-11(16-3)7-5-10/h4-7H,13H2,1-3H3. The lowest BCUT2D eigenvalue weighted by molar-refractivity contribution is 0.414. The topological polar surface area (TPSA) is 53.1 Å². The zero-order chi connectivity index (χ0) is 11.7. The zero-order valence-electron chi connectivity index (χ0n) is 9.69. The number of nitrogens with two attached hydrogens (primary N) is 1. The Hall–Kier alpha value is -1.97. The molecule has 1 heterocycles. The third kappa shape index (κ3) is 1.62. The third-order valence-electron chi connectivity index (χ3n) is 2.72. The molecule has 2 rings (SSSR count). The van der Waals surface area contributed by atoms with Crippen LogP contribution in [0.2, 0.25) is 0 Å². The highest BCUT2D eigenvalue weighted by Crippen LogP contribution is 2.21. The van der Waals surface area contributed by atoms with Gasteiger partial charge in [0, 0.05) is 5.56 Å². The van der Waals surface area contributed by atoms with Gasteiger partial charge in [-0.15, -0.1) is 0 Å². The first-order chi connectivity index (χ1) is 7.63. The van der Waals surface area contributed by atoms with Crippen LogP contribution in [0.15, 0.2) is 24.3 Å². The maximum atomic E-state index is 5.98. The van der Waals surface area contributed by atoms with Gasteiger partial charge in [0.2, 0.25) is 0 Å². The number of nitrogens with zero attached hydrogens (tertiary/aromatic N) is 2. The molecule has 0 bridgehead atoms. The Balaban J connectivity index is 2.46. The summed E-state index contributed by atoms with van der Waals surface area (Å²) in [6.07, 6.45) is 0. The second-order valence-electron chi connectivity index (χ2n) is 3.71. The largest absolute Gasteiger partial charge is 0.497 e. The predicted octanol–water partition coefficient (Wildman–Crippen LogP) is 2.08. The van der Waals surface area contributed by atoms with Crippen LogP contribution in [0.25, 0.3) is 5.69 Å². The highest BCUT2D eigenvalue weighted by molar-refractivity contribution is 5.49. The number of anilines is 1. The highest BCUT2D eigenvalue weighted by Gasteiger charge is 2.09. The van der Waals surface area contributed by atoms with Crippen molar-refractivity contribution in [3.8, 4) is 11.4 Å². The van der Waals surface area contributed by atoms with E-state index in [2.05, 4.69) is 5.10 Å². The lowest BCUT2D eigenvalue weighted by atomic mass is 10.2. The van der Waals surface area contributed by atoms with E-state index in [1.807, 2.05) is 38.1 Å². The normalized spacial score (nSPS) is 10.4. The maximum absolute atomic E-state index is 5.98. The molecule has 1 aromatic heterocycles. The average molecular weight is 217 g/mol. The molecule has 2 N–H and O–H groups in total. The summed E-state index contributed by atoms with van der Waals surface area (Å²) in [6.45, 7) is 3.92. The average Bonchev–Trinajstić information content (AvgIpc) is 2.57. The smallest absolute Gasteiger partial charge is 0.130 e.